The molecule has 0 saturated carbocycles. The summed E-state index contributed by atoms with van der Waals surface area (Å²) in [5, 5.41) is 0.618. The molecule has 1 fully saturated rings. The molecule has 0 atom stereocenters. The van der Waals surface area contributed by atoms with Crippen LogP contribution in [0.1, 0.15) is 35.8 Å². The zero-order chi connectivity index (χ0) is 18.0. The lowest BCUT2D eigenvalue weighted by Gasteiger charge is -2.17. The van der Waals surface area contributed by atoms with E-state index in [0.29, 0.717) is 28.7 Å². The Morgan fingerprint density at radius 2 is 2.00 bits per heavy atom. The first kappa shape index (κ1) is 17.5. The quantitative estimate of drug-likeness (QED) is 0.793. The molecule has 0 spiro atoms. The van der Waals surface area contributed by atoms with Gasteiger partial charge in [0, 0.05) is 38.0 Å². The van der Waals surface area contributed by atoms with Gasteiger partial charge in [-0.25, -0.2) is 4.79 Å². The Labute approximate surface area is 147 Å². The normalized spacial score (nSPS) is 14.8. The van der Waals surface area contributed by atoms with Crippen LogP contribution in [0.5, 0.6) is 0 Å². The van der Waals surface area contributed by atoms with E-state index in [2.05, 4.69) is 4.98 Å². The number of nitrogens with zero attached hydrogens (tertiary/aromatic N) is 1. The summed E-state index contributed by atoms with van der Waals surface area (Å²) in [7, 11) is 3.88. The minimum Gasteiger partial charge on any atom is -0.461 e. The second-order valence-corrected chi connectivity index (χ2v) is 6.79. The van der Waals surface area contributed by atoms with Crippen LogP contribution in [0.15, 0.2) is 23.0 Å². The first-order chi connectivity index (χ1) is 12.0. The molecule has 1 aromatic carbocycles. The highest BCUT2D eigenvalue weighted by atomic mass is 16.5. The Bertz CT molecular complexity index is 836. The monoisotopic (exact) mass is 344 g/mol. The van der Waals surface area contributed by atoms with Gasteiger partial charge in [0.2, 0.25) is 0 Å². The number of hydrogen-bond acceptors (Lipinski definition) is 4. The highest BCUT2D eigenvalue weighted by Gasteiger charge is 2.25. The predicted octanol–water partition coefficient (Wildman–Crippen LogP) is 0.950. The largest absolute Gasteiger partial charge is 0.461 e. The van der Waals surface area contributed by atoms with Gasteiger partial charge in [0.15, 0.2) is 5.43 Å². The summed E-state index contributed by atoms with van der Waals surface area (Å²) >= 11 is 0. The minimum absolute atomic E-state index is 0.0695. The van der Waals surface area contributed by atoms with Crippen LogP contribution < -0.4 is 15.2 Å². The molecule has 2 aromatic rings. The standard InChI is InChI=1S/C19H25N3O3/c1-4-25-19(24)17-15(12-22-9-5-6-10-22)18(23)14-11-13(21(2)3)7-8-16(14)20-17/h7-8,11H,4-6,9-10,12H2,1-3H3,(H,20,23)/p+1. The summed E-state index contributed by atoms with van der Waals surface area (Å²) in [6.45, 7) is 4.70. The van der Waals surface area contributed by atoms with Crippen molar-refractivity contribution in [2.45, 2.75) is 26.3 Å². The molecule has 3 rings (SSSR count). The lowest BCUT2D eigenvalue weighted by atomic mass is 10.1. The van der Waals surface area contributed by atoms with Gasteiger partial charge in [0.05, 0.1) is 30.8 Å². The van der Waals surface area contributed by atoms with Crippen LogP contribution in [0.2, 0.25) is 0 Å². The van der Waals surface area contributed by atoms with Crippen molar-refractivity contribution in [1.82, 2.24) is 4.98 Å². The number of carbonyl (C=O) groups excluding carboxylic acids is 1. The summed E-state index contributed by atoms with van der Waals surface area (Å²) in [4.78, 5) is 32.0. The molecule has 1 aromatic heterocycles. The van der Waals surface area contributed by atoms with Gasteiger partial charge < -0.3 is 19.5 Å². The molecule has 6 heteroatoms. The molecule has 1 aliphatic rings. The molecule has 1 saturated heterocycles. The fourth-order valence-corrected chi connectivity index (χ4v) is 3.44. The topological polar surface area (TPSA) is 66.8 Å². The average Bonchev–Trinajstić information content (AvgIpc) is 3.10. The van der Waals surface area contributed by atoms with Crippen LogP contribution in [0, 0.1) is 0 Å². The Kier molecular flexibility index (Phi) is 5.08. The molecule has 134 valence electrons. The number of quaternary nitrogens is 1. The highest BCUT2D eigenvalue weighted by Crippen LogP contribution is 2.19. The van der Waals surface area contributed by atoms with Gasteiger partial charge in [-0.15, -0.1) is 0 Å². The molecule has 2 N–H and O–H groups in total. The van der Waals surface area contributed by atoms with Gasteiger partial charge in [0.25, 0.3) is 0 Å². The molecular formula is C19H26N3O3+. The number of likely N-dealkylation sites (tertiary alicyclic amines) is 1. The SMILES string of the molecule is CCOC(=O)c1[nH]c2ccc(N(C)C)cc2c(=O)c1C[NH+]1CCCC1. The maximum atomic E-state index is 13.2. The van der Waals surface area contributed by atoms with Crippen LogP contribution in [0.3, 0.4) is 0 Å². The third kappa shape index (κ3) is 3.54. The lowest BCUT2D eigenvalue weighted by molar-refractivity contribution is -0.901. The summed E-state index contributed by atoms with van der Waals surface area (Å²) in [6.07, 6.45) is 2.33. The van der Waals surface area contributed by atoms with Crippen LogP contribution in [-0.2, 0) is 11.3 Å². The third-order valence-electron chi connectivity index (χ3n) is 4.82. The number of aromatic amines is 1. The van der Waals surface area contributed by atoms with Crippen molar-refractivity contribution in [3.8, 4) is 0 Å². The maximum absolute atomic E-state index is 13.2. The third-order valence-corrected chi connectivity index (χ3v) is 4.82. The zero-order valence-electron chi connectivity index (χ0n) is 15.1. The van der Waals surface area contributed by atoms with E-state index < -0.39 is 5.97 Å². The Balaban J connectivity index is 2.15. The van der Waals surface area contributed by atoms with Gasteiger partial charge in [-0.1, -0.05) is 0 Å². The van der Waals surface area contributed by atoms with E-state index in [-0.39, 0.29) is 12.0 Å². The molecule has 1 aliphatic heterocycles. The number of benzene rings is 1. The smallest absolute Gasteiger partial charge is 0.355 e. The van der Waals surface area contributed by atoms with Gasteiger partial charge in [-0.05, 0) is 25.1 Å². The number of fused-ring (bicyclic) bond motifs is 1. The highest BCUT2D eigenvalue weighted by molar-refractivity contribution is 5.93. The first-order valence-corrected chi connectivity index (χ1v) is 8.88. The number of esters is 1. The van der Waals surface area contributed by atoms with Crippen LogP contribution in [-0.4, -0.2) is 44.7 Å². The number of ether oxygens (including phenoxy) is 1. The second kappa shape index (κ2) is 7.27. The molecule has 6 nitrogen and oxygen atoms in total. The fraction of sp³-hybridized carbons (Fsp3) is 0.474. The van der Waals surface area contributed by atoms with Crippen molar-refractivity contribution in [2.75, 3.05) is 38.7 Å². The summed E-state index contributed by atoms with van der Waals surface area (Å²) < 4.78 is 5.17. The van der Waals surface area contributed by atoms with Crippen molar-refractivity contribution >= 4 is 22.6 Å². The van der Waals surface area contributed by atoms with E-state index in [0.717, 1.165) is 18.8 Å². The Morgan fingerprint density at radius 3 is 2.64 bits per heavy atom. The Hall–Kier alpha value is -2.34. The average molecular weight is 344 g/mol. The molecule has 0 radical (unpaired) electrons. The number of aromatic nitrogens is 1. The molecule has 0 aliphatic carbocycles. The first-order valence-electron chi connectivity index (χ1n) is 8.88. The molecule has 2 heterocycles. The number of H-pyrrole nitrogens is 1. The van der Waals surface area contributed by atoms with E-state index in [9.17, 15) is 9.59 Å². The summed E-state index contributed by atoms with van der Waals surface area (Å²) in [6, 6.07) is 5.66. The maximum Gasteiger partial charge on any atom is 0.355 e. The number of nitrogens with one attached hydrogen (secondary N) is 2. The van der Waals surface area contributed by atoms with Crippen molar-refractivity contribution in [2.24, 2.45) is 0 Å². The number of pyridine rings is 1. The molecule has 0 unspecified atom stereocenters. The van der Waals surface area contributed by atoms with Gasteiger partial charge >= 0.3 is 5.97 Å². The van der Waals surface area contributed by atoms with Gasteiger partial charge in [0.1, 0.15) is 12.2 Å². The Morgan fingerprint density at radius 1 is 1.28 bits per heavy atom. The number of hydrogen-bond donors (Lipinski definition) is 2. The molecular weight excluding hydrogens is 318 g/mol. The van der Waals surface area contributed by atoms with Crippen molar-refractivity contribution in [3.05, 3.63) is 39.7 Å². The summed E-state index contributed by atoms with van der Waals surface area (Å²) in [5.41, 5.74) is 2.40. The summed E-state index contributed by atoms with van der Waals surface area (Å²) in [5.74, 6) is -0.452. The minimum atomic E-state index is -0.452. The molecule has 0 amide bonds. The number of rotatable bonds is 5. The lowest BCUT2D eigenvalue weighted by Crippen LogP contribution is -3.08. The van der Waals surface area contributed by atoms with Crippen LogP contribution >= 0.6 is 0 Å². The molecule has 25 heavy (non-hydrogen) atoms. The van der Waals surface area contributed by atoms with E-state index in [1.165, 1.54) is 17.7 Å². The van der Waals surface area contributed by atoms with E-state index >= 15 is 0 Å². The van der Waals surface area contributed by atoms with Crippen molar-refractivity contribution < 1.29 is 14.4 Å². The number of anilines is 1. The van der Waals surface area contributed by atoms with Crippen LogP contribution in [0.25, 0.3) is 10.9 Å². The van der Waals surface area contributed by atoms with E-state index in [4.69, 9.17) is 4.74 Å². The second-order valence-electron chi connectivity index (χ2n) is 6.79. The van der Waals surface area contributed by atoms with Crippen molar-refractivity contribution in [1.29, 1.82) is 0 Å². The van der Waals surface area contributed by atoms with Crippen molar-refractivity contribution in [3.63, 3.8) is 0 Å². The van der Waals surface area contributed by atoms with Gasteiger partial charge in [-0.3, -0.25) is 4.79 Å². The van der Waals surface area contributed by atoms with E-state index in [1.54, 1.807) is 6.92 Å². The zero-order valence-corrected chi connectivity index (χ0v) is 15.1. The predicted molar refractivity (Wildman–Crippen MR) is 98.5 cm³/mol. The molecule has 0 bridgehead atoms. The van der Waals surface area contributed by atoms with E-state index in [1.807, 2.05) is 37.2 Å². The fourth-order valence-electron chi connectivity index (χ4n) is 3.44. The number of carbonyl (C=O) groups is 1. The van der Waals surface area contributed by atoms with Gasteiger partial charge in [-0.2, -0.15) is 0 Å². The van der Waals surface area contributed by atoms with Crippen LogP contribution in [0.4, 0.5) is 5.69 Å².